The van der Waals surface area contributed by atoms with Gasteiger partial charge in [0.15, 0.2) is 0 Å². The van der Waals surface area contributed by atoms with E-state index in [1.807, 2.05) is 6.92 Å². The first kappa shape index (κ1) is 27.0. The second-order valence-corrected chi connectivity index (χ2v) is 9.04. The van der Waals surface area contributed by atoms with Crippen molar-refractivity contribution in [3.8, 4) is 0 Å². The molecule has 2 amide bonds. The van der Waals surface area contributed by atoms with E-state index < -0.39 is 47.4 Å². The van der Waals surface area contributed by atoms with E-state index >= 15 is 0 Å². The quantitative estimate of drug-likeness (QED) is 0.415. The van der Waals surface area contributed by atoms with Crippen LogP contribution in [0.25, 0.3) is 0 Å². The Morgan fingerprint density at radius 3 is 2.26 bits per heavy atom. The van der Waals surface area contributed by atoms with Crippen LogP contribution >= 0.6 is 0 Å². The Hall–Kier alpha value is -2.59. The molecule has 2 fully saturated rings. The zero-order chi connectivity index (χ0) is 26.0. The molecule has 11 heteroatoms. The zero-order valence-electron chi connectivity index (χ0n) is 20.0. The topological polar surface area (TPSA) is 59.1 Å². The molecule has 1 aliphatic carbocycles. The molecule has 2 atom stereocenters. The predicted molar refractivity (Wildman–Crippen MR) is 117 cm³/mol. The number of alkyl halides is 5. The van der Waals surface area contributed by atoms with Gasteiger partial charge >= 0.3 is 18.4 Å². The van der Waals surface area contributed by atoms with E-state index in [1.54, 1.807) is 11.8 Å². The molecule has 3 rings (SSSR count). The fourth-order valence-electron chi connectivity index (χ4n) is 4.62. The second kappa shape index (κ2) is 10.6. The molecule has 2 aliphatic rings. The van der Waals surface area contributed by atoms with Crippen LogP contribution in [0.5, 0.6) is 0 Å². The smallest absolute Gasteiger partial charge is 0.416 e. The molecule has 0 aromatic heterocycles. The maximum Gasteiger partial charge on any atom is 0.416 e. The summed E-state index contributed by atoms with van der Waals surface area (Å²) in [6.07, 6.45) is -4.28. The average molecular weight is 507 g/mol. The third-order valence-electron chi connectivity index (χ3n) is 6.66. The van der Waals surface area contributed by atoms with Crippen LogP contribution in [0, 0.1) is 5.92 Å². The molecule has 0 bridgehead atoms. The van der Waals surface area contributed by atoms with Gasteiger partial charge in [0.25, 0.3) is 5.92 Å². The van der Waals surface area contributed by atoms with Gasteiger partial charge in [0, 0.05) is 36.7 Å². The van der Waals surface area contributed by atoms with E-state index in [1.165, 1.54) is 4.90 Å². The standard InChI is InChI=1S/C24H31F5N2O4/c1-4-19-13-20(8-9-30(19)22(33)35-5-2)31(21(32)34-3)14-15-10-17(23(25,26)16-6-7-16)12-18(11-15)24(27,28)29/h10-12,16,19-20H,4-9,13-14H2,1-3H3. The van der Waals surface area contributed by atoms with Crippen molar-refractivity contribution < 1.29 is 41.0 Å². The summed E-state index contributed by atoms with van der Waals surface area (Å²) in [5.74, 6) is -4.36. The summed E-state index contributed by atoms with van der Waals surface area (Å²) in [4.78, 5) is 27.7. The van der Waals surface area contributed by atoms with Gasteiger partial charge in [-0.15, -0.1) is 0 Å². The number of ether oxygens (including phenoxy) is 2. The van der Waals surface area contributed by atoms with Gasteiger partial charge in [0.2, 0.25) is 0 Å². The Bertz CT molecular complexity index is 920. The van der Waals surface area contributed by atoms with Gasteiger partial charge < -0.3 is 19.3 Å². The summed E-state index contributed by atoms with van der Waals surface area (Å²) < 4.78 is 80.1. The van der Waals surface area contributed by atoms with Crippen LogP contribution in [0.3, 0.4) is 0 Å². The third kappa shape index (κ3) is 6.16. The number of piperidine rings is 1. The Labute approximate surface area is 201 Å². The SMILES string of the molecule is CCOC(=O)N1CCC(N(Cc2cc(C(F)(F)F)cc(C(F)(F)C3CC3)c2)C(=O)OC)CC1CC. The highest BCUT2D eigenvalue weighted by Gasteiger charge is 2.49. The molecule has 2 unspecified atom stereocenters. The van der Waals surface area contributed by atoms with Gasteiger partial charge in [-0.05, 0) is 62.8 Å². The van der Waals surface area contributed by atoms with Gasteiger partial charge in [-0.2, -0.15) is 13.2 Å². The summed E-state index contributed by atoms with van der Waals surface area (Å²) in [5, 5.41) is 0. The maximum atomic E-state index is 14.8. The van der Waals surface area contributed by atoms with Crippen molar-refractivity contribution in [2.75, 3.05) is 20.3 Å². The van der Waals surface area contributed by atoms with E-state index in [4.69, 9.17) is 9.47 Å². The van der Waals surface area contributed by atoms with Crippen molar-refractivity contribution in [3.05, 3.63) is 34.9 Å². The molecular formula is C24H31F5N2O4. The Morgan fingerprint density at radius 2 is 1.71 bits per heavy atom. The number of likely N-dealkylation sites (tertiary alicyclic amines) is 1. The number of benzene rings is 1. The van der Waals surface area contributed by atoms with Crippen molar-refractivity contribution >= 4 is 12.2 Å². The predicted octanol–water partition coefficient (Wildman–Crippen LogP) is 6.18. The van der Waals surface area contributed by atoms with Crippen LogP contribution in [0.4, 0.5) is 31.5 Å². The molecule has 1 saturated heterocycles. The summed E-state index contributed by atoms with van der Waals surface area (Å²) in [5.41, 5.74) is -1.93. The number of methoxy groups -OCH3 is 1. The van der Waals surface area contributed by atoms with Gasteiger partial charge in [-0.25, -0.2) is 18.4 Å². The van der Waals surface area contributed by atoms with Crippen molar-refractivity contribution in [2.45, 2.75) is 76.7 Å². The molecule has 6 nitrogen and oxygen atoms in total. The van der Waals surface area contributed by atoms with Gasteiger partial charge in [-0.3, -0.25) is 0 Å². The van der Waals surface area contributed by atoms with Crippen molar-refractivity contribution in [2.24, 2.45) is 5.92 Å². The number of carbonyl (C=O) groups is 2. The van der Waals surface area contributed by atoms with Gasteiger partial charge in [-0.1, -0.05) is 6.92 Å². The average Bonchev–Trinajstić information content (AvgIpc) is 3.67. The number of halogens is 5. The highest BCUT2D eigenvalue weighted by atomic mass is 19.4. The largest absolute Gasteiger partial charge is 0.453 e. The Balaban J connectivity index is 1.90. The molecule has 35 heavy (non-hydrogen) atoms. The Morgan fingerprint density at radius 1 is 1.06 bits per heavy atom. The molecule has 0 spiro atoms. The molecular weight excluding hydrogens is 475 g/mol. The van der Waals surface area contributed by atoms with Crippen molar-refractivity contribution in [1.29, 1.82) is 0 Å². The van der Waals surface area contributed by atoms with E-state index in [2.05, 4.69) is 0 Å². The van der Waals surface area contributed by atoms with E-state index in [0.29, 0.717) is 25.3 Å². The van der Waals surface area contributed by atoms with E-state index in [-0.39, 0.29) is 44.1 Å². The van der Waals surface area contributed by atoms with Crippen LogP contribution in [0.15, 0.2) is 18.2 Å². The minimum Gasteiger partial charge on any atom is -0.453 e. The van der Waals surface area contributed by atoms with Crippen molar-refractivity contribution in [3.63, 3.8) is 0 Å². The summed E-state index contributed by atoms with van der Waals surface area (Å²) in [6, 6.07) is 1.63. The molecule has 1 saturated carbocycles. The lowest BCUT2D eigenvalue weighted by Gasteiger charge is -2.42. The van der Waals surface area contributed by atoms with Gasteiger partial charge in [0.05, 0.1) is 19.3 Å². The minimum atomic E-state index is -4.82. The number of nitrogens with zero attached hydrogens (tertiary/aromatic N) is 2. The highest BCUT2D eigenvalue weighted by Crippen LogP contribution is 2.50. The molecule has 0 radical (unpaired) electrons. The fourth-order valence-corrected chi connectivity index (χ4v) is 4.62. The summed E-state index contributed by atoms with van der Waals surface area (Å²) in [6.45, 7) is 3.74. The van der Waals surface area contributed by atoms with Crippen LogP contribution in [-0.2, 0) is 28.1 Å². The number of hydrogen-bond donors (Lipinski definition) is 0. The Kier molecular flexibility index (Phi) is 8.16. The van der Waals surface area contributed by atoms with Crippen LogP contribution in [0.1, 0.15) is 62.6 Å². The van der Waals surface area contributed by atoms with Crippen molar-refractivity contribution in [1.82, 2.24) is 9.80 Å². The molecule has 0 N–H and O–H groups in total. The van der Waals surface area contributed by atoms with E-state index in [9.17, 15) is 31.5 Å². The van der Waals surface area contributed by atoms with Crippen LogP contribution < -0.4 is 0 Å². The third-order valence-corrected chi connectivity index (χ3v) is 6.66. The fraction of sp³-hybridized carbons (Fsp3) is 0.667. The monoisotopic (exact) mass is 506 g/mol. The molecule has 1 aromatic carbocycles. The second-order valence-electron chi connectivity index (χ2n) is 9.04. The number of carbonyl (C=O) groups excluding carboxylic acids is 2. The lowest BCUT2D eigenvalue weighted by molar-refractivity contribution is -0.138. The number of hydrogen-bond acceptors (Lipinski definition) is 4. The molecule has 1 heterocycles. The molecule has 1 aromatic rings. The molecule has 1 aliphatic heterocycles. The lowest BCUT2D eigenvalue weighted by Crippen LogP contribution is -2.53. The summed E-state index contributed by atoms with van der Waals surface area (Å²) in [7, 11) is 1.15. The normalized spacial score (nSPS) is 21.0. The highest BCUT2D eigenvalue weighted by molar-refractivity contribution is 5.69. The number of rotatable bonds is 7. The van der Waals surface area contributed by atoms with Crippen LogP contribution in [-0.4, -0.2) is 54.3 Å². The zero-order valence-corrected chi connectivity index (χ0v) is 20.0. The molecule has 196 valence electrons. The minimum absolute atomic E-state index is 0.0542. The van der Waals surface area contributed by atoms with Crippen LogP contribution in [0.2, 0.25) is 0 Å². The summed E-state index contributed by atoms with van der Waals surface area (Å²) >= 11 is 0. The first-order valence-corrected chi connectivity index (χ1v) is 11.8. The lowest BCUT2D eigenvalue weighted by atomic mass is 9.93. The maximum absolute atomic E-state index is 14.8. The van der Waals surface area contributed by atoms with Gasteiger partial charge in [0.1, 0.15) is 0 Å². The first-order chi connectivity index (χ1) is 16.4. The van der Waals surface area contributed by atoms with E-state index in [0.717, 1.165) is 19.2 Å². The first-order valence-electron chi connectivity index (χ1n) is 11.8. The number of amides is 2.